The Bertz CT molecular complexity index is 22.4. The third kappa shape index (κ3) is 27.1. The predicted molar refractivity (Wildman–Crippen MR) is 29.2 cm³/mol. The van der Waals surface area contributed by atoms with E-state index in [9.17, 15) is 0 Å². The third-order valence-electron chi connectivity index (χ3n) is 0. The molecule has 0 bridgehead atoms. The summed E-state index contributed by atoms with van der Waals surface area (Å²) in [4.78, 5) is 1.68. The molecule has 33 valence electrons. The van der Waals surface area contributed by atoms with Gasteiger partial charge in [0.2, 0.25) is 0 Å². The van der Waals surface area contributed by atoms with Crippen LogP contribution >= 0.6 is 26.5 Å². The van der Waals surface area contributed by atoms with Gasteiger partial charge >= 0.3 is 46.7 Å². The second-order valence-corrected chi connectivity index (χ2v) is 21.8. The first kappa shape index (κ1) is 6.69. The molecule has 5 heavy (non-hydrogen) atoms. The zero-order chi connectivity index (χ0) is 4.50. The van der Waals surface area contributed by atoms with Gasteiger partial charge in [-0.2, -0.15) is 0 Å². The maximum absolute atomic E-state index is 5.26. The van der Waals surface area contributed by atoms with Gasteiger partial charge in [0.05, 0.1) is 0 Å². The minimum atomic E-state index is -2.68. The first-order valence-corrected chi connectivity index (χ1v) is 13.2. The van der Waals surface area contributed by atoms with Gasteiger partial charge in [0.25, 0.3) is 0 Å². The summed E-state index contributed by atoms with van der Waals surface area (Å²) in [6, 6.07) is 0. The molecule has 0 aromatic heterocycles. The van der Waals surface area contributed by atoms with E-state index < -0.39 is 15.4 Å². The summed E-state index contributed by atoms with van der Waals surface area (Å²) < 4.78 is 0. The molecule has 0 saturated heterocycles. The summed E-state index contributed by atoms with van der Waals surface area (Å²) in [7, 11) is 15.8. The van der Waals surface area contributed by atoms with Crippen LogP contribution < -0.4 is 0 Å². The van der Waals surface area contributed by atoms with Crippen molar-refractivity contribution in [3.63, 3.8) is 0 Å². The molecule has 0 rings (SSSR count). The Kier molecular flexibility index (Phi) is 2.83. The topological polar surface area (TPSA) is 0 Å². The van der Waals surface area contributed by atoms with E-state index in [-0.39, 0.29) is 0 Å². The molecule has 0 atom stereocenters. The Labute approximate surface area is 46.4 Å². The summed E-state index contributed by atoms with van der Waals surface area (Å²) in [6.45, 7) is 0. The fourth-order valence-corrected chi connectivity index (χ4v) is 0. The Hall–Kier alpha value is 1.69. The zero-order valence-corrected chi connectivity index (χ0v) is 7.40. The summed E-state index contributed by atoms with van der Waals surface area (Å²) in [5, 5.41) is 0. The van der Waals surface area contributed by atoms with Gasteiger partial charge in [-0.15, -0.1) is 0 Å². The Balaban J connectivity index is 3.02. The fraction of sp³-hybridized carbons (Fsp3) is 1.00. The normalized spacial score (nSPS) is 12.0. The molecule has 0 unspecified atom stereocenters. The van der Waals surface area contributed by atoms with Crippen molar-refractivity contribution in [1.82, 2.24) is 0 Å². The molecular formula is CH3Cl3Sb. The molecule has 4 heteroatoms. The Morgan fingerprint density at radius 1 is 1.20 bits per heavy atom. The predicted octanol–water partition coefficient (Wildman–Crippen LogP) is 2.27. The average Bonchev–Trinajstić information content (AvgIpc) is 0.722. The molecule has 1 radical (unpaired) electrons. The van der Waals surface area contributed by atoms with Crippen molar-refractivity contribution in [3.8, 4) is 0 Å². The van der Waals surface area contributed by atoms with Crippen LogP contribution in [0.15, 0.2) is 0 Å². The van der Waals surface area contributed by atoms with Gasteiger partial charge in [-0.3, -0.25) is 0 Å². The second-order valence-electron chi connectivity index (χ2n) is 0.699. The molecule has 0 saturated carbocycles. The molecule has 0 aromatic rings. The van der Waals surface area contributed by atoms with Crippen molar-refractivity contribution in [2.24, 2.45) is 0 Å². The van der Waals surface area contributed by atoms with Crippen molar-refractivity contribution in [3.05, 3.63) is 0 Å². The van der Waals surface area contributed by atoms with Crippen LogP contribution in [0.1, 0.15) is 0 Å². The average molecular weight is 243 g/mol. The van der Waals surface area contributed by atoms with Gasteiger partial charge in [-0.05, 0) is 0 Å². The van der Waals surface area contributed by atoms with Gasteiger partial charge in [-0.1, -0.05) is 0 Å². The van der Waals surface area contributed by atoms with Gasteiger partial charge in [0.1, 0.15) is 0 Å². The first-order valence-electron chi connectivity index (χ1n) is 0.954. The third-order valence-corrected chi connectivity index (χ3v) is 0. The van der Waals surface area contributed by atoms with E-state index in [4.69, 9.17) is 26.5 Å². The molecule has 0 aromatic carbocycles. The monoisotopic (exact) mass is 241 g/mol. The van der Waals surface area contributed by atoms with E-state index in [1.165, 1.54) is 0 Å². The first-order chi connectivity index (χ1) is 2.00. The van der Waals surface area contributed by atoms with E-state index in [0.29, 0.717) is 0 Å². The van der Waals surface area contributed by atoms with Crippen LogP contribution in [0.3, 0.4) is 0 Å². The molecule has 0 nitrogen and oxygen atoms in total. The molecule has 0 aliphatic heterocycles. The van der Waals surface area contributed by atoms with Crippen LogP contribution in [0, 0.1) is 0 Å². The van der Waals surface area contributed by atoms with Gasteiger partial charge in [-0.25, -0.2) is 0 Å². The van der Waals surface area contributed by atoms with Crippen LogP contribution in [0.4, 0.5) is 0 Å². The van der Waals surface area contributed by atoms with Gasteiger partial charge in [0, 0.05) is 0 Å². The van der Waals surface area contributed by atoms with Crippen molar-refractivity contribution >= 4 is 41.9 Å². The van der Waals surface area contributed by atoms with Crippen molar-refractivity contribution in [2.45, 2.75) is 4.87 Å². The molecule has 0 fully saturated rings. The number of hydrogen-bond donors (Lipinski definition) is 0. The molecule has 0 aliphatic carbocycles. The van der Waals surface area contributed by atoms with Crippen LogP contribution in [-0.2, 0) is 0 Å². The fourth-order valence-electron chi connectivity index (χ4n) is 0. The van der Waals surface area contributed by atoms with E-state index in [2.05, 4.69) is 0 Å². The number of halogens is 3. The zero-order valence-electron chi connectivity index (χ0n) is 2.58. The van der Waals surface area contributed by atoms with E-state index >= 15 is 0 Å². The minimum absolute atomic E-state index is 1.68. The molecule has 0 aliphatic rings. The molecule has 0 amide bonds. The summed E-state index contributed by atoms with van der Waals surface area (Å²) in [5.41, 5.74) is 0. The summed E-state index contributed by atoms with van der Waals surface area (Å²) >= 11 is -2.68. The van der Waals surface area contributed by atoms with E-state index in [0.717, 1.165) is 0 Å². The number of rotatable bonds is 0. The Morgan fingerprint density at radius 3 is 1.20 bits per heavy atom. The Morgan fingerprint density at radius 2 is 1.20 bits per heavy atom. The van der Waals surface area contributed by atoms with Crippen LogP contribution in [0.25, 0.3) is 0 Å². The standard InChI is InChI=1S/CH3.3ClH.Sb/h1H3;3*1H;/q;;;;+3/p-3. The molecule has 0 spiro atoms. The molecule has 0 heterocycles. The molecule has 0 N–H and O–H groups in total. The molecular weight excluding hydrogens is 240 g/mol. The quantitative estimate of drug-likeness (QED) is 0.572. The summed E-state index contributed by atoms with van der Waals surface area (Å²) in [6.07, 6.45) is 0. The SMILES string of the molecule is [CH3][Sb]([Cl])([Cl])[Cl]. The maximum atomic E-state index is 5.26. The van der Waals surface area contributed by atoms with Crippen molar-refractivity contribution < 1.29 is 0 Å². The van der Waals surface area contributed by atoms with E-state index in [1.807, 2.05) is 0 Å². The van der Waals surface area contributed by atoms with E-state index in [1.54, 1.807) is 4.87 Å². The van der Waals surface area contributed by atoms with Crippen LogP contribution in [0.2, 0.25) is 4.87 Å². The summed E-state index contributed by atoms with van der Waals surface area (Å²) in [5.74, 6) is 0. The van der Waals surface area contributed by atoms with Crippen molar-refractivity contribution in [1.29, 1.82) is 0 Å². The van der Waals surface area contributed by atoms with Gasteiger partial charge < -0.3 is 0 Å². The van der Waals surface area contributed by atoms with Crippen LogP contribution in [-0.4, -0.2) is 15.4 Å². The second kappa shape index (κ2) is 2.12. The number of hydrogen-bond acceptors (Lipinski definition) is 0. The van der Waals surface area contributed by atoms with Gasteiger partial charge in [0.15, 0.2) is 0 Å². The van der Waals surface area contributed by atoms with Crippen LogP contribution in [0.5, 0.6) is 0 Å². The van der Waals surface area contributed by atoms with Crippen molar-refractivity contribution in [2.75, 3.05) is 0 Å².